The van der Waals surface area contributed by atoms with E-state index in [-0.39, 0.29) is 16.7 Å². The Morgan fingerprint density at radius 2 is 1.91 bits per heavy atom. The van der Waals surface area contributed by atoms with Crippen molar-refractivity contribution >= 4 is 5.91 Å². The van der Waals surface area contributed by atoms with Gasteiger partial charge in [0.2, 0.25) is 0 Å². The summed E-state index contributed by atoms with van der Waals surface area (Å²) in [7, 11) is 0. The van der Waals surface area contributed by atoms with Crippen LogP contribution in [-0.2, 0) is 0 Å². The minimum atomic E-state index is -1.22. The average Bonchev–Trinajstić information content (AvgIpc) is 2.56. The third-order valence-electron chi connectivity index (χ3n) is 3.41. The maximum absolute atomic E-state index is 13.2. The number of nitrogens with one attached hydrogen (secondary N) is 1. The lowest BCUT2D eigenvalue weighted by Gasteiger charge is -2.21. The van der Waals surface area contributed by atoms with E-state index in [1.54, 1.807) is 12.1 Å². The van der Waals surface area contributed by atoms with Crippen molar-refractivity contribution in [3.8, 4) is 6.07 Å². The monoisotopic (exact) mass is 316 g/mol. The molecule has 0 aliphatic carbocycles. The quantitative estimate of drug-likeness (QED) is 0.911. The summed E-state index contributed by atoms with van der Waals surface area (Å²) >= 11 is 0. The number of aliphatic hydroxyl groups excluding tert-OH is 1. The zero-order valence-electron chi connectivity index (χ0n) is 12.3. The molecule has 0 heterocycles. The summed E-state index contributed by atoms with van der Waals surface area (Å²) in [6.45, 7) is 1.53. The van der Waals surface area contributed by atoms with E-state index in [1.165, 1.54) is 25.1 Å². The van der Waals surface area contributed by atoms with Crippen molar-refractivity contribution in [1.29, 1.82) is 5.26 Å². The Labute approximate surface area is 132 Å². The highest BCUT2D eigenvalue weighted by molar-refractivity contribution is 5.96. The molecular weight excluding hydrogens is 302 g/mol. The van der Waals surface area contributed by atoms with Gasteiger partial charge in [-0.15, -0.1) is 0 Å². The molecule has 0 aliphatic rings. The Morgan fingerprint density at radius 1 is 1.22 bits per heavy atom. The molecule has 2 aromatic carbocycles. The molecule has 2 rings (SSSR count). The van der Waals surface area contributed by atoms with Gasteiger partial charge in [0.15, 0.2) is 11.6 Å². The summed E-state index contributed by atoms with van der Waals surface area (Å²) in [4.78, 5) is 12.2. The SMILES string of the molecule is CC(NC(=O)c1ccccc1C#N)C(O)c1ccc(F)c(F)c1. The lowest BCUT2D eigenvalue weighted by Crippen LogP contribution is -2.37. The third kappa shape index (κ3) is 3.71. The van der Waals surface area contributed by atoms with Crippen molar-refractivity contribution < 1.29 is 18.7 Å². The van der Waals surface area contributed by atoms with Crippen LogP contribution in [0, 0.1) is 23.0 Å². The minimum Gasteiger partial charge on any atom is -0.386 e. The Kier molecular flexibility index (Phi) is 5.04. The van der Waals surface area contributed by atoms with Crippen LogP contribution in [0.1, 0.15) is 34.5 Å². The lowest BCUT2D eigenvalue weighted by atomic mass is 10.0. The highest BCUT2D eigenvalue weighted by Crippen LogP contribution is 2.20. The number of hydrogen-bond acceptors (Lipinski definition) is 3. The van der Waals surface area contributed by atoms with Crippen LogP contribution in [0.15, 0.2) is 42.5 Å². The number of nitrogens with zero attached hydrogens (tertiary/aromatic N) is 1. The number of carbonyl (C=O) groups excluding carboxylic acids is 1. The molecule has 118 valence electrons. The number of halogens is 2. The molecule has 23 heavy (non-hydrogen) atoms. The normalized spacial score (nSPS) is 13.0. The van der Waals surface area contributed by atoms with E-state index in [0.717, 1.165) is 12.1 Å². The number of benzene rings is 2. The molecule has 0 spiro atoms. The number of carbonyl (C=O) groups is 1. The van der Waals surface area contributed by atoms with Crippen molar-refractivity contribution in [3.05, 3.63) is 70.8 Å². The van der Waals surface area contributed by atoms with Gasteiger partial charge in [0, 0.05) is 0 Å². The van der Waals surface area contributed by atoms with Crippen LogP contribution in [0.25, 0.3) is 0 Å². The number of nitriles is 1. The highest BCUT2D eigenvalue weighted by Gasteiger charge is 2.21. The summed E-state index contributed by atoms with van der Waals surface area (Å²) < 4.78 is 26.1. The van der Waals surface area contributed by atoms with Crippen LogP contribution in [0.4, 0.5) is 8.78 Å². The fourth-order valence-electron chi connectivity index (χ4n) is 2.13. The summed E-state index contributed by atoms with van der Waals surface area (Å²) in [6.07, 6.45) is -1.22. The Balaban J connectivity index is 2.14. The average molecular weight is 316 g/mol. The first-order chi connectivity index (χ1) is 10.9. The van der Waals surface area contributed by atoms with Gasteiger partial charge in [0.1, 0.15) is 0 Å². The largest absolute Gasteiger partial charge is 0.386 e. The van der Waals surface area contributed by atoms with E-state index in [9.17, 15) is 18.7 Å². The first kappa shape index (κ1) is 16.6. The molecule has 0 bridgehead atoms. The van der Waals surface area contributed by atoms with Gasteiger partial charge >= 0.3 is 0 Å². The fourth-order valence-corrected chi connectivity index (χ4v) is 2.13. The number of amides is 1. The van der Waals surface area contributed by atoms with Gasteiger partial charge in [-0.3, -0.25) is 4.79 Å². The molecular formula is C17H14F2N2O2. The number of hydrogen-bond donors (Lipinski definition) is 2. The Bertz CT molecular complexity index is 771. The third-order valence-corrected chi connectivity index (χ3v) is 3.41. The van der Waals surface area contributed by atoms with E-state index in [4.69, 9.17) is 5.26 Å². The topological polar surface area (TPSA) is 73.1 Å². The first-order valence-electron chi connectivity index (χ1n) is 6.87. The molecule has 6 heteroatoms. The Hall–Kier alpha value is -2.78. The van der Waals surface area contributed by atoms with Crippen molar-refractivity contribution in [2.24, 2.45) is 0 Å². The van der Waals surface area contributed by atoms with Crippen molar-refractivity contribution in [2.45, 2.75) is 19.1 Å². The van der Waals surface area contributed by atoms with Gasteiger partial charge in [0.05, 0.1) is 29.3 Å². The van der Waals surface area contributed by atoms with Gasteiger partial charge in [-0.05, 0) is 36.8 Å². The van der Waals surface area contributed by atoms with Crippen molar-refractivity contribution in [1.82, 2.24) is 5.32 Å². The maximum Gasteiger partial charge on any atom is 0.252 e. The fraction of sp³-hybridized carbons (Fsp3) is 0.176. The van der Waals surface area contributed by atoms with Crippen molar-refractivity contribution in [2.75, 3.05) is 0 Å². The van der Waals surface area contributed by atoms with E-state index in [0.29, 0.717) is 0 Å². The number of rotatable bonds is 4. The van der Waals surface area contributed by atoms with Crippen molar-refractivity contribution in [3.63, 3.8) is 0 Å². The molecule has 0 aliphatic heterocycles. The first-order valence-corrected chi connectivity index (χ1v) is 6.87. The lowest BCUT2D eigenvalue weighted by molar-refractivity contribution is 0.0851. The molecule has 1 amide bonds. The zero-order chi connectivity index (χ0) is 17.0. The summed E-state index contributed by atoms with van der Waals surface area (Å²) in [5, 5.41) is 21.7. The van der Waals surface area contributed by atoms with Gasteiger partial charge < -0.3 is 10.4 Å². The highest BCUT2D eigenvalue weighted by atomic mass is 19.2. The molecule has 2 N–H and O–H groups in total. The van der Waals surface area contributed by atoms with Crippen LogP contribution in [0.2, 0.25) is 0 Å². The molecule has 0 saturated carbocycles. The minimum absolute atomic E-state index is 0.144. The maximum atomic E-state index is 13.2. The standard InChI is InChI=1S/C17H14F2N2O2/c1-10(16(22)11-6-7-14(18)15(19)8-11)21-17(23)13-5-3-2-4-12(13)9-20/h2-8,10,16,22H,1H3,(H,21,23). The van der Waals surface area contributed by atoms with Gasteiger partial charge in [-0.1, -0.05) is 18.2 Å². The zero-order valence-corrected chi connectivity index (χ0v) is 12.3. The summed E-state index contributed by atoms with van der Waals surface area (Å²) in [5.41, 5.74) is 0.532. The van der Waals surface area contributed by atoms with E-state index in [2.05, 4.69) is 5.32 Å². The summed E-state index contributed by atoms with van der Waals surface area (Å²) in [6, 6.07) is 10.4. The molecule has 0 radical (unpaired) electrons. The molecule has 0 saturated heterocycles. The molecule has 2 atom stereocenters. The van der Waals surface area contributed by atoms with E-state index >= 15 is 0 Å². The van der Waals surface area contributed by atoms with Crippen LogP contribution >= 0.6 is 0 Å². The van der Waals surface area contributed by atoms with Crippen LogP contribution in [0.3, 0.4) is 0 Å². The molecule has 0 fully saturated rings. The number of aliphatic hydroxyl groups is 1. The summed E-state index contributed by atoms with van der Waals surface area (Å²) in [5.74, 6) is -2.62. The van der Waals surface area contributed by atoms with Gasteiger partial charge in [0.25, 0.3) is 5.91 Å². The van der Waals surface area contributed by atoms with Crippen LogP contribution < -0.4 is 5.32 Å². The smallest absolute Gasteiger partial charge is 0.252 e. The second-order valence-corrected chi connectivity index (χ2v) is 5.04. The molecule has 0 aromatic heterocycles. The second-order valence-electron chi connectivity index (χ2n) is 5.04. The second kappa shape index (κ2) is 6.99. The molecule has 2 aromatic rings. The van der Waals surface area contributed by atoms with Gasteiger partial charge in [-0.25, -0.2) is 8.78 Å². The molecule has 2 unspecified atom stereocenters. The predicted octanol–water partition coefficient (Wildman–Crippen LogP) is 2.69. The van der Waals surface area contributed by atoms with E-state index in [1.807, 2.05) is 6.07 Å². The molecule has 4 nitrogen and oxygen atoms in total. The van der Waals surface area contributed by atoms with E-state index < -0.39 is 29.7 Å². The van der Waals surface area contributed by atoms with Crippen LogP contribution in [0.5, 0.6) is 0 Å². The van der Waals surface area contributed by atoms with Crippen LogP contribution in [-0.4, -0.2) is 17.1 Å². The Morgan fingerprint density at radius 3 is 2.57 bits per heavy atom. The predicted molar refractivity (Wildman–Crippen MR) is 79.4 cm³/mol. The van der Waals surface area contributed by atoms with Gasteiger partial charge in [-0.2, -0.15) is 5.26 Å².